The third-order valence-electron chi connectivity index (χ3n) is 3.92. The summed E-state index contributed by atoms with van der Waals surface area (Å²) >= 11 is 15.8. The van der Waals surface area contributed by atoms with E-state index in [1.807, 2.05) is 24.3 Å². The van der Waals surface area contributed by atoms with Gasteiger partial charge in [0.2, 0.25) is 0 Å². The number of rotatable bonds is 9. The van der Waals surface area contributed by atoms with Crippen molar-refractivity contribution in [2.75, 3.05) is 18.6 Å². The van der Waals surface area contributed by atoms with Gasteiger partial charge in [-0.25, -0.2) is 0 Å². The molecule has 3 aromatic rings. The summed E-state index contributed by atoms with van der Waals surface area (Å²) in [6, 6.07) is 16.6. The molecule has 0 radical (unpaired) electrons. The lowest BCUT2D eigenvalue weighted by Crippen LogP contribution is -2.10. The number of nitro groups is 1. The van der Waals surface area contributed by atoms with Crippen LogP contribution in [0, 0.1) is 10.1 Å². The van der Waals surface area contributed by atoms with Crippen molar-refractivity contribution in [2.45, 2.75) is 0 Å². The van der Waals surface area contributed by atoms with Gasteiger partial charge in [0, 0.05) is 27.2 Å². The summed E-state index contributed by atoms with van der Waals surface area (Å²) in [6.07, 6.45) is 1.50. The Hall–Kier alpha value is -2.81. The second kappa shape index (κ2) is 11.0. The van der Waals surface area contributed by atoms with Gasteiger partial charge in [-0.2, -0.15) is 5.10 Å². The number of benzene rings is 3. The number of nitro benzene ring substituents is 1. The van der Waals surface area contributed by atoms with E-state index in [1.165, 1.54) is 18.3 Å². The van der Waals surface area contributed by atoms with Crippen molar-refractivity contribution in [1.82, 2.24) is 0 Å². The number of hydrazone groups is 1. The predicted molar refractivity (Wildman–Crippen MR) is 126 cm³/mol. The molecule has 0 aromatic heterocycles. The molecular weight excluding hydrogens is 509 g/mol. The number of hydrogen-bond donors (Lipinski definition) is 1. The molecule has 0 heterocycles. The number of nitrogens with zero attached hydrogens (tertiary/aromatic N) is 2. The van der Waals surface area contributed by atoms with Gasteiger partial charge in [0.25, 0.3) is 5.69 Å². The van der Waals surface area contributed by atoms with Gasteiger partial charge in [-0.15, -0.1) is 0 Å². The highest BCUT2D eigenvalue weighted by molar-refractivity contribution is 9.10. The fourth-order valence-electron chi connectivity index (χ4n) is 2.50. The van der Waals surface area contributed by atoms with Crippen molar-refractivity contribution in [3.63, 3.8) is 0 Å². The molecule has 31 heavy (non-hydrogen) atoms. The molecule has 0 fully saturated rings. The van der Waals surface area contributed by atoms with Gasteiger partial charge >= 0.3 is 0 Å². The average molecular weight is 525 g/mol. The Morgan fingerprint density at radius 2 is 1.71 bits per heavy atom. The summed E-state index contributed by atoms with van der Waals surface area (Å²) in [5, 5.41) is 15.6. The van der Waals surface area contributed by atoms with Crippen molar-refractivity contribution < 1.29 is 14.4 Å². The average Bonchev–Trinajstić information content (AvgIpc) is 2.74. The van der Waals surface area contributed by atoms with Gasteiger partial charge < -0.3 is 9.47 Å². The minimum absolute atomic E-state index is 0.00260. The maximum atomic E-state index is 10.7. The summed E-state index contributed by atoms with van der Waals surface area (Å²) in [5.74, 6) is 1.14. The van der Waals surface area contributed by atoms with Crippen LogP contribution in [0.25, 0.3) is 0 Å². The van der Waals surface area contributed by atoms with Gasteiger partial charge in [-0.1, -0.05) is 39.1 Å². The van der Waals surface area contributed by atoms with Crippen molar-refractivity contribution in [1.29, 1.82) is 0 Å². The molecule has 3 aromatic carbocycles. The zero-order chi connectivity index (χ0) is 22.2. The fourth-order valence-corrected chi connectivity index (χ4v) is 3.32. The first-order valence-corrected chi connectivity index (χ1v) is 10.5. The molecule has 10 heteroatoms. The molecule has 1 N–H and O–H groups in total. The van der Waals surface area contributed by atoms with Gasteiger partial charge in [-0.3, -0.25) is 15.5 Å². The normalized spacial score (nSPS) is 10.8. The fraction of sp³-hybridized carbons (Fsp3) is 0.0952. The monoisotopic (exact) mass is 523 g/mol. The molecule has 0 bridgehead atoms. The van der Waals surface area contributed by atoms with E-state index >= 15 is 0 Å². The molecule has 0 aliphatic rings. The second-order valence-corrected chi connectivity index (χ2v) is 7.89. The summed E-state index contributed by atoms with van der Waals surface area (Å²) in [4.78, 5) is 10.3. The van der Waals surface area contributed by atoms with Crippen LogP contribution < -0.4 is 14.9 Å². The Labute approximate surface area is 196 Å². The van der Waals surface area contributed by atoms with Crippen LogP contribution in [0.3, 0.4) is 0 Å². The van der Waals surface area contributed by atoms with Crippen LogP contribution in [0.15, 0.2) is 70.2 Å². The van der Waals surface area contributed by atoms with E-state index in [9.17, 15) is 10.1 Å². The molecule has 7 nitrogen and oxygen atoms in total. The largest absolute Gasteiger partial charge is 0.490 e. The molecular formula is C21H16BrCl2N3O4. The second-order valence-electron chi connectivity index (χ2n) is 6.13. The minimum atomic E-state index is -0.467. The highest BCUT2D eigenvalue weighted by Gasteiger charge is 2.10. The molecule has 160 valence electrons. The summed E-state index contributed by atoms with van der Waals surface area (Å²) < 4.78 is 12.4. The lowest BCUT2D eigenvalue weighted by atomic mass is 10.2. The van der Waals surface area contributed by atoms with E-state index < -0.39 is 4.92 Å². The molecule has 0 amide bonds. The van der Waals surface area contributed by atoms with Crippen LogP contribution in [-0.4, -0.2) is 24.4 Å². The Morgan fingerprint density at radius 3 is 2.39 bits per heavy atom. The van der Waals surface area contributed by atoms with E-state index in [-0.39, 0.29) is 12.3 Å². The minimum Gasteiger partial charge on any atom is -0.490 e. The van der Waals surface area contributed by atoms with Gasteiger partial charge in [-0.05, 0) is 48.5 Å². The molecule has 0 aliphatic heterocycles. The number of ether oxygens (including phenoxy) is 2. The first-order valence-electron chi connectivity index (χ1n) is 8.96. The standard InChI is InChI=1S/C21H16BrCl2N3O4/c22-15-1-7-19(8-2-15)30-9-10-31-21-14(11-16(23)12-20(21)24)13-25-26-17-3-5-18(6-4-17)27(28)29/h1-8,11-13,26H,9-10H2. The highest BCUT2D eigenvalue weighted by Crippen LogP contribution is 2.31. The first-order chi connectivity index (χ1) is 14.9. The lowest BCUT2D eigenvalue weighted by molar-refractivity contribution is -0.384. The zero-order valence-corrected chi connectivity index (χ0v) is 19.0. The van der Waals surface area contributed by atoms with Crippen LogP contribution in [-0.2, 0) is 0 Å². The number of nitrogens with one attached hydrogen (secondary N) is 1. The Bertz CT molecular complexity index is 1080. The van der Waals surface area contributed by atoms with Crippen molar-refractivity contribution in [2.24, 2.45) is 5.10 Å². The Morgan fingerprint density at radius 1 is 1.03 bits per heavy atom. The van der Waals surface area contributed by atoms with Gasteiger partial charge in [0.05, 0.1) is 21.8 Å². The summed E-state index contributed by atoms with van der Waals surface area (Å²) in [5.41, 5.74) is 3.94. The molecule has 0 spiro atoms. The van der Waals surface area contributed by atoms with Gasteiger partial charge in [0.15, 0.2) is 0 Å². The lowest BCUT2D eigenvalue weighted by Gasteiger charge is -2.12. The van der Waals surface area contributed by atoms with Crippen LogP contribution in [0.4, 0.5) is 11.4 Å². The maximum absolute atomic E-state index is 10.7. The molecule has 0 atom stereocenters. The Kier molecular flexibility index (Phi) is 8.11. The van der Waals surface area contributed by atoms with E-state index in [4.69, 9.17) is 32.7 Å². The van der Waals surface area contributed by atoms with E-state index in [0.29, 0.717) is 33.7 Å². The molecule has 0 saturated heterocycles. The molecule has 0 aliphatic carbocycles. The zero-order valence-electron chi connectivity index (χ0n) is 15.9. The quantitative estimate of drug-likeness (QED) is 0.148. The smallest absolute Gasteiger partial charge is 0.269 e. The SMILES string of the molecule is O=[N+]([O-])c1ccc(NN=Cc2cc(Cl)cc(Cl)c2OCCOc2ccc(Br)cc2)cc1. The number of hydrogen-bond acceptors (Lipinski definition) is 6. The van der Waals surface area contributed by atoms with Crippen LogP contribution >= 0.6 is 39.1 Å². The number of halogens is 3. The third-order valence-corrected chi connectivity index (χ3v) is 4.95. The van der Waals surface area contributed by atoms with Crippen molar-refractivity contribution in [3.8, 4) is 11.5 Å². The molecule has 0 unspecified atom stereocenters. The maximum Gasteiger partial charge on any atom is 0.269 e. The highest BCUT2D eigenvalue weighted by atomic mass is 79.9. The summed E-state index contributed by atoms with van der Waals surface area (Å²) in [6.45, 7) is 0.576. The van der Waals surface area contributed by atoms with E-state index in [1.54, 1.807) is 24.3 Å². The van der Waals surface area contributed by atoms with Crippen LogP contribution in [0.2, 0.25) is 10.0 Å². The van der Waals surface area contributed by atoms with E-state index in [2.05, 4.69) is 26.5 Å². The number of anilines is 1. The van der Waals surface area contributed by atoms with Crippen LogP contribution in [0.1, 0.15) is 5.56 Å². The first kappa shape index (κ1) is 22.9. The summed E-state index contributed by atoms with van der Waals surface area (Å²) in [7, 11) is 0. The van der Waals surface area contributed by atoms with E-state index in [0.717, 1.165) is 10.2 Å². The number of non-ortho nitro benzene ring substituents is 1. The van der Waals surface area contributed by atoms with Crippen molar-refractivity contribution >= 4 is 56.7 Å². The topological polar surface area (TPSA) is 86.0 Å². The Balaban J connectivity index is 1.62. The molecule has 3 rings (SSSR count). The van der Waals surface area contributed by atoms with Gasteiger partial charge in [0.1, 0.15) is 24.7 Å². The predicted octanol–water partition coefficient (Wildman–Crippen LogP) is 6.57. The molecule has 0 saturated carbocycles. The van der Waals surface area contributed by atoms with Crippen LogP contribution in [0.5, 0.6) is 11.5 Å². The third kappa shape index (κ3) is 6.85. The van der Waals surface area contributed by atoms with Crippen molar-refractivity contribution in [3.05, 3.63) is 90.9 Å².